The Labute approximate surface area is 64.8 Å². The van der Waals surface area contributed by atoms with Crippen LogP contribution in [0.3, 0.4) is 0 Å². The Morgan fingerprint density at radius 2 is 2.50 bits per heavy atom. The molecule has 1 saturated carbocycles. The smallest absolute Gasteiger partial charge is 0.154 e. The van der Waals surface area contributed by atoms with Crippen molar-refractivity contribution in [3.63, 3.8) is 0 Å². The van der Waals surface area contributed by atoms with Gasteiger partial charge in [0.2, 0.25) is 0 Å². The molecule has 0 spiro atoms. The molecule has 0 heterocycles. The van der Waals surface area contributed by atoms with Crippen LogP contribution >= 0.6 is 11.6 Å². The first-order valence-electron chi connectivity index (χ1n) is 3.26. The number of alkyl halides is 1. The highest BCUT2D eigenvalue weighted by Gasteiger charge is 2.41. The zero-order valence-electron chi connectivity index (χ0n) is 5.56. The fourth-order valence-electron chi connectivity index (χ4n) is 1.22. The van der Waals surface area contributed by atoms with E-state index in [0.717, 1.165) is 6.42 Å². The Balaban J connectivity index is 2.84. The predicted octanol–water partition coefficient (Wildman–Crippen LogP) is 1.49. The molecule has 0 bridgehead atoms. The Morgan fingerprint density at radius 3 is 2.70 bits per heavy atom. The number of hydrogen-bond donors (Lipinski definition) is 0. The van der Waals surface area contributed by atoms with Crippen molar-refractivity contribution in [3.05, 3.63) is 0 Å². The van der Waals surface area contributed by atoms with Gasteiger partial charge in [-0.15, -0.1) is 11.6 Å². The molecule has 0 aliphatic heterocycles. The van der Waals surface area contributed by atoms with Crippen LogP contribution < -0.4 is 0 Å². The summed E-state index contributed by atoms with van der Waals surface area (Å²) in [6.07, 6.45) is 1.99. The molecule has 0 aromatic heterocycles. The third-order valence-corrected chi connectivity index (χ3v) is 2.44. The minimum atomic E-state index is -0.832. The Bertz CT molecular complexity index is 196. The molecule has 1 atom stereocenters. The number of Topliss-reactive ketones (excluding diaryl/α,β-unsaturated/α-hetero) is 1. The quantitative estimate of drug-likeness (QED) is 0.541. The van der Waals surface area contributed by atoms with Crippen molar-refractivity contribution in [2.75, 3.05) is 5.88 Å². The van der Waals surface area contributed by atoms with E-state index < -0.39 is 5.41 Å². The molecule has 0 saturated heterocycles. The van der Waals surface area contributed by atoms with Gasteiger partial charge >= 0.3 is 0 Å². The van der Waals surface area contributed by atoms with E-state index in [-0.39, 0.29) is 11.7 Å². The van der Waals surface area contributed by atoms with Gasteiger partial charge in [-0.1, -0.05) is 0 Å². The summed E-state index contributed by atoms with van der Waals surface area (Å²) < 4.78 is 0. The van der Waals surface area contributed by atoms with Crippen LogP contribution in [0, 0.1) is 16.7 Å². The lowest BCUT2D eigenvalue weighted by atomic mass is 9.90. The average Bonchev–Trinajstić information content (AvgIpc) is 2.32. The van der Waals surface area contributed by atoms with Crippen molar-refractivity contribution < 1.29 is 4.79 Å². The number of carbonyl (C=O) groups excluding carboxylic acids is 1. The van der Waals surface area contributed by atoms with Crippen molar-refractivity contribution >= 4 is 17.4 Å². The molecule has 1 rings (SSSR count). The van der Waals surface area contributed by atoms with Crippen molar-refractivity contribution in [2.24, 2.45) is 5.41 Å². The maximum absolute atomic E-state index is 11.1. The van der Waals surface area contributed by atoms with Gasteiger partial charge in [0.25, 0.3) is 0 Å². The number of ketones is 1. The van der Waals surface area contributed by atoms with Gasteiger partial charge in [0, 0.05) is 12.3 Å². The van der Waals surface area contributed by atoms with Crippen LogP contribution in [0.4, 0.5) is 0 Å². The number of hydrogen-bond acceptors (Lipinski definition) is 2. The third-order valence-electron chi connectivity index (χ3n) is 1.98. The van der Waals surface area contributed by atoms with Gasteiger partial charge in [0.15, 0.2) is 5.78 Å². The number of rotatable bonds is 1. The van der Waals surface area contributed by atoms with Gasteiger partial charge in [-0.25, -0.2) is 0 Å². The summed E-state index contributed by atoms with van der Waals surface area (Å²) in [5, 5.41) is 8.63. The van der Waals surface area contributed by atoms with Gasteiger partial charge in [-0.3, -0.25) is 4.79 Å². The Kier molecular flexibility index (Phi) is 1.96. The third kappa shape index (κ3) is 0.911. The normalized spacial score (nSPS) is 32.2. The molecule has 10 heavy (non-hydrogen) atoms. The minimum Gasteiger partial charge on any atom is -0.298 e. The average molecular weight is 158 g/mol. The zero-order chi connectivity index (χ0) is 7.61. The topological polar surface area (TPSA) is 40.9 Å². The largest absolute Gasteiger partial charge is 0.298 e. The molecule has 0 aromatic rings. The van der Waals surface area contributed by atoms with Crippen molar-refractivity contribution in [1.29, 1.82) is 5.26 Å². The van der Waals surface area contributed by atoms with E-state index in [1.54, 1.807) is 0 Å². The fraction of sp³-hybridized carbons (Fsp3) is 0.714. The molecule has 1 fully saturated rings. The number of nitrogens with zero attached hydrogens (tertiary/aromatic N) is 1. The van der Waals surface area contributed by atoms with E-state index in [0.29, 0.717) is 12.8 Å². The molecule has 0 aromatic carbocycles. The summed E-state index contributed by atoms with van der Waals surface area (Å²) in [4.78, 5) is 11.1. The highest BCUT2D eigenvalue weighted by Crippen LogP contribution is 2.34. The highest BCUT2D eigenvalue weighted by molar-refractivity contribution is 6.20. The molecular weight excluding hydrogens is 150 g/mol. The SMILES string of the molecule is N#CC1(CCl)CCCC1=O. The van der Waals surface area contributed by atoms with Gasteiger partial charge in [-0.05, 0) is 12.8 Å². The minimum absolute atomic E-state index is 0.0185. The summed E-state index contributed by atoms with van der Waals surface area (Å²) in [6.45, 7) is 0. The van der Waals surface area contributed by atoms with E-state index in [4.69, 9.17) is 16.9 Å². The van der Waals surface area contributed by atoms with E-state index in [2.05, 4.69) is 0 Å². The number of halogens is 1. The van der Waals surface area contributed by atoms with Crippen LogP contribution in [0.5, 0.6) is 0 Å². The molecule has 0 amide bonds. The summed E-state index contributed by atoms with van der Waals surface area (Å²) in [7, 11) is 0. The summed E-state index contributed by atoms with van der Waals surface area (Å²) in [5.74, 6) is 0.174. The Morgan fingerprint density at radius 1 is 1.80 bits per heavy atom. The summed E-state index contributed by atoms with van der Waals surface area (Å²) >= 11 is 5.52. The predicted molar refractivity (Wildman–Crippen MR) is 37.6 cm³/mol. The molecule has 2 nitrogen and oxygen atoms in total. The van der Waals surface area contributed by atoms with Crippen molar-refractivity contribution in [2.45, 2.75) is 19.3 Å². The maximum atomic E-state index is 11.1. The first-order chi connectivity index (χ1) is 4.75. The van der Waals surface area contributed by atoms with Gasteiger partial charge in [-0.2, -0.15) is 5.26 Å². The Hall–Kier alpha value is -0.550. The van der Waals surface area contributed by atoms with E-state index >= 15 is 0 Å². The van der Waals surface area contributed by atoms with Crippen LogP contribution in [0.25, 0.3) is 0 Å². The van der Waals surface area contributed by atoms with Crippen molar-refractivity contribution in [1.82, 2.24) is 0 Å². The van der Waals surface area contributed by atoms with E-state index in [1.165, 1.54) is 0 Å². The number of carbonyl (C=O) groups is 1. The van der Waals surface area contributed by atoms with Crippen LogP contribution in [0.15, 0.2) is 0 Å². The molecule has 0 radical (unpaired) electrons. The second-order valence-electron chi connectivity index (χ2n) is 2.60. The second kappa shape index (κ2) is 2.59. The van der Waals surface area contributed by atoms with E-state index in [1.807, 2.05) is 6.07 Å². The highest BCUT2D eigenvalue weighted by atomic mass is 35.5. The summed E-state index contributed by atoms with van der Waals surface area (Å²) in [6, 6.07) is 2.00. The van der Waals surface area contributed by atoms with Gasteiger partial charge < -0.3 is 0 Å². The van der Waals surface area contributed by atoms with Crippen LogP contribution in [0.2, 0.25) is 0 Å². The lowest BCUT2D eigenvalue weighted by Crippen LogP contribution is -2.25. The molecule has 1 unspecified atom stereocenters. The molecule has 1 aliphatic rings. The van der Waals surface area contributed by atoms with Crippen LogP contribution in [-0.4, -0.2) is 11.7 Å². The van der Waals surface area contributed by atoms with E-state index in [9.17, 15) is 4.79 Å². The number of nitriles is 1. The first-order valence-corrected chi connectivity index (χ1v) is 3.79. The molecule has 3 heteroatoms. The lowest BCUT2D eigenvalue weighted by Gasteiger charge is -2.12. The van der Waals surface area contributed by atoms with Crippen LogP contribution in [-0.2, 0) is 4.79 Å². The molecular formula is C7H8ClNO. The van der Waals surface area contributed by atoms with Gasteiger partial charge in [0.05, 0.1) is 6.07 Å². The molecule has 1 aliphatic carbocycles. The first kappa shape index (κ1) is 7.56. The molecule has 54 valence electrons. The second-order valence-corrected chi connectivity index (χ2v) is 2.87. The molecule has 0 N–H and O–H groups in total. The zero-order valence-corrected chi connectivity index (χ0v) is 6.32. The lowest BCUT2D eigenvalue weighted by molar-refractivity contribution is -0.122. The summed E-state index contributed by atoms with van der Waals surface area (Å²) in [5.41, 5.74) is -0.832. The maximum Gasteiger partial charge on any atom is 0.154 e. The standard InChI is InChI=1S/C7H8ClNO/c8-4-7(5-9)3-1-2-6(7)10/h1-4H2. The monoisotopic (exact) mass is 157 g/mol. The fourth-order valence-corrected chi connectivity index (χ4v) is 1.56. The van der Waals surface area contributed by atoms with Crippen LogP contribution in [0.1, 0.15) is 19.3 Å². The van der Waals surface area contributed by atoms with Gasteiger partial charge in [0.1, 0.15) is 5.41 Å². The van der Waals surface area contributed by atoms with Crippen molar-refractivity contribution in [3.8, 4) is 6.07 Å².